The van der Waals surface area contributed by atoms with Crippen LogP contribution in [0.5, 0.6) is 11.5 Å². The van der Waals surface area contributed by atoms with Crippen LogP contribution in [0.25, 0.3) is 5.69 Å². The van der Waals surface area contributed by atoms with E-state index in [0.717, 1.165) is 28.7 Å². The summed E-state index contributed by atoms with van der Waals surface area (Å²) in [5.74, 6) is 0.944. The van der Waals surface area contributed by atoms with Crippen LogP contribution in [0.1, 0.15) is 29.2 Å². The number of tetrazole rings is 1. The molecule has 0 atom stereocenters. The van der Waals surface area contributed by atoms with E-state index >= 15 is 0 Å². The van der Waals surface area contributed by atoms with E-state index in [1.807, 2.05) is 38.1 Å². The maximum atomic E-state index is 12.3. The fourth-order valence-electron chi connectivity index (χ4n) is 2.86. The van der Waals surface area contributed by atoms with Crippen molar-refractivity contribution in [3.05, 3.63) is 63.1 Å². The van der Waals surface area contributed by atoms with Crippen LogP contribution in [0, 0.1) is 13.8 Å². The first-order valence-corrected chi connectivity index (χ1v) is 8.45. The molecule has 1 N–H and O–H groups in total. The van der Waals surface area contributed by atoms with E-state index in [0.29, 0.717) is 11.4 Å². The summed E-state index contributed by atoms with van der Waals surface area (Å²) in [4.78, 5) is 12.3. The summed E-state index contributed by atoms with van der Waals surface area (Å²) in [6.07, 6.45) is 0.801. The third kappa shape index (κ3) is 3.20. The summed E-state index contributed by atoms with van der Waals surface area (Å²) in [6, 6.07) is 9.24. The molecule has 0 saturated heterocycles. The molecule has 0 radical (unpaired) electrons. The topological polar surface area (TPSA) is 82.2 Å². The summed E-state index contributed by atoms with van der Waals surface area (Å²) >= 11 is 0. The maximum Gasteiger partial charge on any atom is 0.368 e. The molecule has 3 aromatic rings. The number of hydrogen-bond donors (Lipinski definition) is 1. The molecule has 0 aliphatic rings. The van der Waals surface area contributed by atoms with Crippen LogP contribution in [0.2, 0.25) is 0 Å². The highest BCUT2D eigenvalue weighted by Crippen LogP contribution is 2.28. The predicted molar refractivity (Wildman–Crippen MR) is 97.9 cm³/mol. The molecule has 1 aromatic heterocycles. The van der Waals surface area contributed by atoms with Crippen molar-refractivity contribution in [2.45, 2.75) is 33.8 Å². The quantitative estimate of drug-likeness (QED) is 0.761. The van der Waals surface area contributed by atoms with E-state index < -0.39 is 0 Å². The zero-order valence-corrected chi connectivity index (χ0v) is 15.4. The Morgan fingerprint density at radius 2 is 1.92 bits per heavy atom. The molecule has 136 valence electrons. The van der Waals surface area contributed by atoms with E-state index in [2.05, 4.69) is 17.4 Å². The Morgan fingerprint density at radius 1 is 1.15 bits per heavy atom. The molecule has 0 fully saturated rings. The second-order valence-corrected chi connectivity index (χ2v) is 6.26. The number of benzene rings is 2. The number of rotatable bonds is 5. The van der Waals surface area contributed by atoms with Crippen molar-refractivity contribution in [1.29, 1.82) is 0 Å². The smallest absolute Gasteiger partial charge is 0.368 e. The predicted octanol–water partition coefficient (Wildman–Crippen LogP) is 2.43. The first-order valence-electron chi connectivity index (χ1n) is 8.45. The number of ether oxygens (including phenoxy) is 1. The average Bonchev–Trinajstić information content (AvgIpc) is 2.95. The molecular weight excluding hydrogens is 332 g/mol. The van der Waals surface area contributed by atoms with Gasteiger partial charge >= 0.3 is 5.69 Å². The lowest BCUT2D eigenvalue weighted by Crippen LogP contribution is -2.23. The molecule has 0 bridgehead atoms. The van der Waals surface area contributed by atoms with Crippen molar-refractivity contribution in [2.75, 3.05) is 0 Å². The number of hydrogen-bond acceptors (Lipinski definition) is 5. The summed E-state index contributed by atoms with van der Waals surface area (Å²) in [5.41, 5.74) is 3.92. The lowest BCUT2D eigenvalue weighted by molar-refractivity contribution is 0.301. The SMILES string of the molecule is CCc1cccc(-n2nnn(C)c2=O)c1COc1cc(C)c(O)cc1C. The van der Waals surface area contributed by atoms with Gasteiger partial charge < -0.3 is 9.84 Å². The van der Waals surface area contributed by atoms with Gasteiger partial charge in [-0.25, -0.2) is 4.79 Å². The lowest BCUT2D eigenvalue weighted by Gasteiger charge is -2.16. The first-order chi connectivity index (χ1) is 12.4. The van der Waals surface area contributed by atoms with Gasteiger partial charge in [-0.15, -0.1) is 0 Å². The van der Waals surface area contributed by atoms with Crippen LogP contribution >= 0.6 is 0 Å². The van der Waals surface area contributed by atoms with Gasteiger partial charge in [0, 0.05) is 12.6 Å². The Balaban J connectivity index is 2.01. The molecule has 3 rings (SSSR count). The van der Waals surface area contributed by atoms with Crippen LogP contribution in [0.15, 0.2) is 35.1 Å². The van der Waals surface area contributed by atoms with Gasteiger partial charge in [-0.05, 0) is 65.6 Å². The van der Waals surface area contributed by atoms with Gasteiger partial charge in [0.25, 0.3) is 0 Å². The minimum atomic E-state index is -0.309. The van der Waals surface area contributed by atoms with Crippen LogP contribution < -0.4 is 10.4 Å². The van der Waals surface area contributed by atoms with E-state index in [4.69, 9.17) is 4.74 Å². The molecule has 0 unspecified atom stereocenters. The minimum absolute atomic E-state index is 0.246. The monoisotopic (exact) mass is 354 g/mol. The number of aromatic hydroxyl groups is 1. The molecule has 7 heteroatoms. The summed E-state index contributed by atoms with van der Waals surface area (Å²) in [7, 11) is 1.56. The maximum absolute atomic E-state index is 12.3. The van der Waals surface area contributed by atoms with Crippen molar-refractivity contribution in [1.82, 2.24) is 19.8 Å². The Morgan fingerprint density at radius 3 is 2.58 bits per heavy atom. The zero-order valence-electron chi connectivity index (χ0n) is 15.4. The van der Waals surface area contributed by atoms with Gasteiger partial charge in [0.05, 0.1) is 5.69 Å². The van der Waals surface area contributed by atoms with Crippen LogP contribution in [-0.2, 0) is 20.1 Å². The van der Waals surface area contributed by atoms with Gasteiger partial charge in [0.15, 0.2) is 0 Å². The number of aryl methyl sites for hydroxylation is 4. The molecule has 0 aliphatic carbocycles. The molecule has 0 aliphatic heterocycles. The highest BCUT2D eigenvalue weighted by atomic mass is 16.5. The second-order valence-electron chi connectivity index (χ2n) is 6.26. The lowest BCUT2D eigenvalue weighted by atomic mass is 10.0. The summed E-state index contributed by atoms with van der Waals surface area (Å²) in [6.45, 7) is 6.05. The minimum Gasteiger partial charge on any atom is -0.508 e. The molecule has 1 heterocycles. The van der Waals surface area contributed by atoms with Gasteiger partial charge in [-0.2, -0.15) is 9.36 Å². The highest BCUT2D eigenvalue weighted by molar-refractivity contribution is 5.47. The number of aromatic nitrogens is 4. The molecule has 0 amide bonds. The van der Waals surface area contributed by atoms with Crippen LogP contribution in [0.4, 0.5) is 0 Å². The number of nitrogens with zero attached hydrogens (tertiary/aromatic N) is 4. The van der Waals surface area contributed by atoms with Gasteiger partial charge in [0.2, 0.25) is 0 Å². The summed E-state index contributed by atoms with van der Waals surface area (Å²) < 4.78 is 8.50. The first kappa shape index (κ1) is 17.7. The fourth-order valence-corrected chi connectivity index (χ4v) is 2.86. The van der Waals surface area contributed by atoms with Crippen molar-refractivity contribution < 1.29 is 9.84 Å². The Labute approximate surface area is 151 Å². The third-order valence-electron chi connectivity index (χ3n) is 4.44. The van der Waals surface area contributed by atoms with E-state index in [1.54, 1.807) is 13.1 Å². The van der Waals surface area contributed by atoms with E-state index in [9.17, 15) is 9.90 Å². The largest absolute Gasteiger partial charge is 0.508 e. The van der Waals surface area contributed by atoms with Gasteiger partial charge in [-0.3, -0.25) is 0 Å². The van der Waals surface area contributed by atoms with E-state index in [1.165, 1.54) is 9.36 Å². The Bertz CT molecular complexity index is 1000. The van der Waals surface area contributed by atoms with Gasteiger partial charge in [0.1, 0.15) is 18.1 Å². The molecule has 0 saturated carbocycles. The molecular formula is C19H22N4O3. The standard InChI is InChI=1S/C19H22N4O3/c1-5-14-7-6-8-16(23-19(25)22(4)20-21-23)15(14)11-26-18-10-12(2)17(24)9-13(18)3/h6-10,24H,5,11H2,1-4H3. The Hall–Kier alpha value is -3.09. The number of phenolic OH excluding ortho intramolecular Hbond substituents is 1. The zero-order chi connectivity index (χ0) is 18.8. The molecule has 7 nitrogen and oxygen atoms in total. The average molecular weight is 354 g/mol. The second kappa shape index (κ2) is 7.03. The highest BCUT2D eigenvalue weighted by Gasteiger charge is 2.15. The number of phenols is 1. The molecule has 2 aromatic carbocycles. The Kier molecular flexibility index (Phi) is 4.79. The van der Waals surface area contributed by atoms with Crippen molar-refractivity contribution in [3.8, 4) is 17.2 Å². The fraction of sp³-hybridized carbons (Fsp3) is 0.316. The van der Waals surface area contributed by atoms with Crippen molar-refractivity contribution >= 4 is 0 Å². The normalized spacial score (nSPS) is 10.9. The van der Waals surface area contributed by atoms with Gasteiger partial charge in [-0.1, -0.05) is 19.1 Å². The molecule has 26 heavy (non-hydrogen) atoms. The summed E-state index contributed by atoms with van der Waals surface area (Å²) in [5, 5.41) is 17.5. The molecule has 0 spiro atoms. The van der Waals surface area contributed by atoms with Crippen LogP contribution in [-0.4, -0.2) is 24.9 Å². The third-order valence-corrected chi connectivity index (χ3v) is 4.44. The van der Waals surface area contributed by atoms with Crippen molar-refractivity contribution in [3.63, 3.8) is 0 Å². The van der Waals surface area contributed by atoms with Crippen LogP contribution in [0.3, 0.4) is 0 Å². The van der Waals surface area contributed by atoms with Crippen molar-refractivity contribution in [2.24, 2.45) is 7.05 Å². The van der Waals surface area contributed by atoms with E-state index in [-0.39, 0.29) is 18.0 Å².